The van der Waals surface area contributed by atoms with Crippen molar-refractivity contribution in [2.24, 2.45) is 5.92 Å². The molecule has 1 fully saturated rings. The molecule has 1 N–H and O–H groups in total. The van der Waals surface area contributed by atoms with Crippen molar-refractivity contribution in [2.45, 2.75) is 33.1 Å². The van der Waals surface area contributed by atoms with Gasteiger partial charge in [0, 0.05) is 30.3 Å². The van der Waals surface area contributed by atoms with Gasteiger partial charge in [0.05, 0.1) is 5.56 Å². The van der Waals surface area contributed by atoms with Gasteiger partial charge in [-0.25, -0.2) is 0 Å². The molecule has 1 aromatic carbocycles. The van der Waals surface area contributed by atoms with Crippen LogP contribution in [0.4, 0.5) is 5.69 Å². The Balaban J connectivity index is 2.17. The number of likely N-dealkylation sites (tertiary alicyclic amines) is 1. The molecular weight excluding hydrogens is 272 g/mol. The maximum Gasteiger partial charge on any atom is 0.256 e. The zero-order valence-corrected chi connectivity index (χ0v) is 13.0. The van der Waals surface area contributed by atoms with Gasteiger partial charge in [-0.3, -0.25) is 4.79 Å². The van der Waals surface area contributed by atoms with Crippen molar-refractivity contribution in [2.75, 3.05) is 25.0 Å². The highest BCUT2D eigenvalue weighted by Gasteiger charge is 2.23. The minimum Gasteiger partial charge on any atom is -0.384 e. The fraction of sp³-hybridized carbons (Fsp3) is 0.562. The van der Waals surface area contributed by atoms with Gasteiger partial charge in [-0.1, -0.05) is 25.4 Å². The van der Waals surface area contributed by atoms with Crippen LogP contribution in [-0.4, -0.2) is 30.4 Å². The van der Waals surface area contributed by atoms with Gasteiger partial charge in [0.1, 0.15) is 0 Å². The lowest BCUT2D eigenvalue weighted by atomic mass is 9.98. The van der Waals surface area contributed by atoms with Crippen LogP contribution in [0.3, 0.4) is 0 Å². The smallest absolute Gasteiger partial charge is 0.256 e. The zero-order chi connectivity index (χ0) is 14.5. The first-order valence-corrected chi connectivity index (χ1v) is 7.82. The number of carbonyl (C=O) groups excluding carboxylic acids is 1. The van der Waals surface area contributed by atoms with Gasteiger partial charge < -0.3 is 10.2 Å². The van der Waals surface area contributed by atoms with Crippen molar-refractivity contribution >= 4 is 23.2 Å². The van der Waals surface area contributed by atoms with Crippen molar-refractivity contribution in [3.8, 4) is 0 Å². The largest absolute Gasteiger partial charge is 0.384 e. The summed E-state index contributed by atoms with van der Waals surface area (Å²) in [6.45, 7) is 6.91. The Morgan fingerprint density at radius 2 is 2.10 bits per heavy atom. The molecule has 1 amide bonds. The summed E-state index contributed by atoms with van der Waals surface area (Å²) in [4.78, 5) is 14.6. The highest BCUT2D eigenvalue weighted by atomic mass is 35.5. The summed E-state index contributed by atoms with van der Waals surface area (Å²) < 4.78 is 0. The fourth-order valence-electron chi connectivity index (χ4n) is 2.49. The molecule has 4 heteroatoms. The molecule has 3 nitrogen and oxygen atoms in total. The molecule has 20 heavy (non-hydrogen) atoms. The number of anilines is 1. The van der Waals surface area contributed by atoms with E-state index in [4.69, 9.17) is 11.6 Å². The van der Waals surface area contributed by atoms with E-state index in [0.29, 0.717) is 10.6 Å². The number of nitrogens with one attached hydrogen (secondary N) is 1. The second-order valence-electron chi connectivity index (χ2n) is 5.59. The third-order valence-corrected chi connectivity index (χ3v) is 4.08. The van der Waals surface area contributed by atoms with Crippen LogP contribution in [0.1, 0.15) is 43.5 Å². The summed E-state index contributed by atoms with van der Waals surface area (Å²) in [6.07, 6.45) is 3.20. The molecule has 0 bridgehead atoms. The number of amides is 1. The summed E-state index contributed by atoms with van der Waals surface area (Å²) in [5.41, 5.74) is 1.58. The molecule has 2 rings (SSSR count). The van der Waals surface area contributed by atoms with E-state index in [1.807, 2.05) is 17.0 Å². The van der Waals surface area contributed by atoms with E-state index >= 15 is 0 Å². The Kier molecular flexibility index (Phi) is 5.30. The SMILES string of the molecule is CCCNc1ccc(Cl)cc1C(=O)N1CCC(C)CC1. The van der Waals surface area contributed by atoms with Crippen LogP contribution in [0.2, 0.25) is 5.02 Å². The number of hydrogen-bond donors (Lipinski definition) is 1. The summed E-state index contributed by atoms with van der Waals surface area (Å²) in [6, 6.07) is 5.51. The molecule has 0 atom stereocenters. The van der Waals surface area contributed by atoms with Crippen molar-refractivity contribution < 1.29 is 4.79 Å². The highest BCUT2D eigenvalue weighted by molar-refractivity contribution is 6.31. The van der Waals surface area contributed by atoms with Gasteiger partial charge >= 0.3 is 0 Å². The lowest BCUT2D eigenvalue weighted by molar-refractivity contribution is 0.0698. The molecule has 1 aliphatic rings. The van der Waals surface area contributed by atoms with Crippen LogP contribution in [0.25, 0.3) is 0 Å². The van der Waals surface area contributed by atoms with Crippen molar-refractivity contribution in [3.05, 3.63) is 28.8 Å². The number of halogens is 1. The van der Waals surface area contributed by atoms with Gasteiger partial charge in [-0.15, -0.1) is 0 Å². The third-order valence-electron chi connectivity index (χ3n) is 3.85. The van der Waals surface area contributed by atoms with Gasteiger partial charge in [0.2, 0.25) is 0 Å². The van der Waals surface area contributed by atoms with E-state index < -0.39 is 0 Å². The van der Waals surface area contributed by atoms with E-state index in [1.165, 1.54) is 0 Å². The Morgan fingerprint density at radius 3 is 2.75 bits per heavy atom. The normalized spacial score (nSPS) is 16.2. The highest BCUT2D eigenvalue weighted by Crippen LogP contribution is 2.25. The number of piperidine rings is 1. The maximum atomic E-state index is 12.7. The molecule has 0 radical (unpaired) electrons. The lowest BCUT2D eigenvalue weighted by Crippen LogP contribution is -2.38. The summed E-state index contributed by atoms with van der Waals surface area (Å²) in [5, 5.41) is 3.92. The molecule has 0 aromatic heterocycles. The lowest BCUT2D eigenvalue weighted by Gasteiger charge is -2.31. The van der Waals surface area contributed by atoms with E-state index in [1.54, 1.807) is 6.07 Å². The summed E-state index contributed by atoms with van der Waals surface area (Å²) in [5.74, 6) is 0.814. The van der Waals surface area contributed by atoms with E-state index in [-0.39, 0.29) is 5.91 Å². The Morgan fingerprint density at radius 1 is 1.40 bits per heavy atom. The Labute approximate surface area is 126 Å². The molecule has 1 aromatic rings. The van der Waals surface area contributed by atoms with Crippen LogP contribution < -0.4 is 5.32 Å². The first kappa shape index (κ1) is 15.2. The topological polar surface area (TPSA) is 32.3 Å². The predicted molar refractivity (Wildman–Crippen MR) is 84.5 cm³/mol. The van der Waals surface area contributed by atoms with Crippen molar-refractivity contribution in [3.63, 3.8) is 0 Å². The van der Waals surface area contributed by atoms with Crippen LogP contribution in [0.15, 0.2) is 18.2 Å². The molecule has 0 saturated carbocycles. The van der Waals surface area contributed by atoms with Gasteiger partial charge in [0.15, 0.2) is 0 Å². The van der Waals surface area contributed by atoms with E-state index in [0.717, 1.165) is 50.5 Å². The number of carbonyl (C=O) groups is 1. The number of benzene rings is 1. The first-order valence-electron chi connectivity index (χ1n) is 7.44. The minimum absolute atomic E-state index is 0.0954. The third kappa shape index (κ3) is 3.66. The molecule has 110 valence electrons. The monoisotopic (exact) mass is 294 g/mol. The number of rotatable bonds is 4. The minimum atomic E-state index is 0.0954. The molecule has 0 aliphatic carbocycles. The molecule has 0 spiro atoms. The second kappa shape index (κ2) is 6.98. The Bertz CT molecular complexity index is 468. The fourth-order valence-corrected chi connectivity index (χ4v) is 2.66. The van der Waals surface area contributed by atoms with Crippen LogP contribution >= 0.6 is 11.6 Å². The zero-order valence-electron chi connectivity index (χ0n) is 12.3. The summed E-state index contributed by atoms with van der Waals surface area (Å²) >= 11 is 6.06. The second-order valence-corrected chi connectivity index (χ2v) is 6.03. The quantitative estimate of drug-likeness (QED) is 0.909. The molecular formula is C16H23ClN2O. The van der Waals surface area contributed by atoms with E-state index in [2.05, 4.69) is 19.2 Å². The molecule has 0 unspecified atom stereocenters. The molecule has 1 aliphatic heterocycles. The maximum absolute atomic E-state index is 12.7. The Hall–Kier alpha value is -1.22. The molecule has 1 heterocycles. The van der Waals surface area contributed by atoms with Crippen LogP contribution in [-0.2, 0) is 0 Å². The summed E-state index contributed by atoms with van der Waals surface area (Å²) in [7, 11) is 0. The average Bonchev–Trinajstić information content (AvgIpc) is 2.46. The van der Waals surface area contributed by atoms with Gasteiger partial charge in [-0.2, -0.15) is 0 Å². The van der Waals surface area contributed by atoms with Gasteiger partial charge in [0.25, 0.3) is 5.91 Å². The van der Waals surface area contributed by atoms with Crippen molar-refractivity contribution in [1.29, 1.82) is 0 Å². The number of hydrogen-bond acceptors (Lipinski definition) is 2. The van der Waals surface area contributed by atoms with E-state index in [9.17, 15) is 4.79 Å². The van der Waals surface area contributed by atoms with Crippen molar-refractivity contribution in [1.82, 2.24) is 4.90 Å². The van der Waals surface area contributed by atoms with Gasteiger partial charge in [-0.05, 0) is 43.4 Å². The predicted octanol–water partition coefficient (Wildman–Crippen LogP) is 4.03. The van der Waals surface area contributed by atoms with Crippen LogP contribution in [0, 0.1) is 5.92 Å². The molecule has 1 saturated heterocycles. The van der Waals surface area contributed by atoms with Crippen LogP contribution in [0.5, 0.6) is 0 Å². The first-order chi connectivity index (χ1) is 9.61. The standard InChI is InChI=1S/C16H23ClN2O/c1-3-8-18-15-5-4-13(17)11-14(15)16(20)19-9-6-12(2)7-10-19/h4-5,11-12,18H,3,6-10H2,1-2H3. The number of nitrogens with zero attached hydrogens (tertiary/aromatic N) is 1. The average molecular weight is 295 g/mol.